The molecule has 1 saturated heterocycles. The van der Waals surface area contributed by atoms with E-state index in [1.165, 1.54) is 42.4 Å². The minimum atomic E-state index is 0.852. The molecule has 0 amide bonds. The Kier molecular flexibility index (Phi) is 3.85. The highest BCUT2D eigenvalue weighted by Crippen LogP contribution is 2.16. The SMILES string of the molecule is CN1CCC(CNCc2ccc3cc[nH]c3c2)CC1. The number of nitrogens with zero attached hydrogens (tertiary/aromatic N) is 1. The number of likely N-dealkylation sites (tertiary alicyclic amines) is 1. The maximum atomic E-state index is 3.61. The summed E-state index contributed by atoms with van der Waals surface area (Å²) in [6.07, 6.45) is 4.67. The number of H-pyrrole nitrogens is 1. The van der Waals surface area contributed by atoms with Gasteiger partial charge in [-0.2, -0.15) is 0 Å². The third kappa shape index (κ3) is 3.17. The second kappa shape index (κ2) is 5.76. The second-order valence-electron chi connectivity index (χ2n) is 5.78. The van der Waals surface area contributed by atoms with Crippen LogP contribution in [0.4, 0.5) is 0 Å². The zero-order valence-corrected chi connectivity index (χ0v) is 11.7. The van der Waals surface area contributed by atoms with Crippen molar-refractivity contribution in [3.05, 3.63) is 36.0 Å². The summed E-state index contributed by atoms with van der Waals surface area (Å²) >= 11 is 0. The van der Waals surface area contributed by atoms with E-state index in [2.05, 4.69) is 46.5 Å². The lowest BCUT2D eigenvalue weighted by molar-refractivity contribution is 0.216. The Morgan fingerprint density at radius 1 is 1.26 bits per heavy atom. The van der Waals surface area contributed by atoms with Gasteiger partial charge in [0.05, 0.1) is 0 Å². The fraction of sp³-hybridized carbons (Fsp3) is 0.500. The minimum Gasteiger partial charge on any atom is -0.361 e. The first kappa shape index (κ1) is 12.7. The van der Waals surface area contributed by atoms with Crippen LogP contribution in [-0.4, -0.2) is 36.6 Å². The molecule has 19 heavy (non-hydrogen) atoms. The van der Waals surface area contributed by atoms with E-state index in [1.54, 1.807) is 0 Å². The fourth-order valence-electron chi connectivity index (χ4n) is 2.89. The molecule has 2 heterocycles. The summed E-state index contributed by atoms with van der Waals surface area (Å²) < 4.78 is 0. The van der Waals surface area contributed by atoms with Crippen LogP contribution in [-0.2, 0) is 6.54 Å². The second-order valence-corrected chi connectivity index (χ2v) is 5.78. The summed E-state index contributed by atoms with van der Waals surface area (Å²) in [5.74, 6) is 0.852. The number of aromatic nitrogens is 1. The molecule has 3 rings (SSSR count). The molecule has 1 aliphatic rings. The number of hydrogen-bond donors (Lipinski definition) is 2. The van der Waals surface area contributed by atoms with E-state index >= 15 is 0 Å². The van der Waals surface area contributed by atoms with E-state index < -0.39 is 0 Å². The van der Waals surface area contributed by atoms with Crippen molar-refractivity contribution in [2.45, 2.75) is 19.4 Å². The van der Waals surface area contributed by atoms with Gasteiger partial charge in [-0.25, -0.2) is 0 Å². The molecule has 1 aromatic heterocycles. The van der Waals surface area contributed by atoms with Gasteiger partial charge < -0.3 is 15.2 Å². The molecule has 0 saturated carbocycles. The van der Waals surface area contributed by atoms with Crippen molar-refractivity contribution in [1.82, 2.24) is 15.2 Å². The molecule has 0 spiro atoms. The molecule has 1 aliphatic heterocycles. The van der Waals surface area contributed by atoms with Crippen LogP contribution in [0.5, 0.6) is 0 Å². The number of benzene rings is 1. The number of nitrogens with one attached hydrogen (secondary N) is 2. The third-order valence-electron chi connectivity index (χ3n) is 4.22. The molecule has 1 fully saturated rings. The molecule has 0 unspecified atom stereocenters. The van der Waals surface area contributed by atoms with Gasteiger partial charge in [0.25, 0.3) is 0 Å². The van der Waals surface area contributed by atoms with Crippen molar-refractivity contribution in [3.8, 4) is 0 Å². The summed E-state index contributed by atoms with van der Waals surface area (Å²) in [6, 6.07) is 8.78. The van der Waals surface area contributed by atoms with Gasteiger partial charge in [0.15, 0.2) is 0 Å². The van der Waals surface area contributed by atoms with Gasteiger partial charge in [-0.05, 0) is 68.5 Å². The molecule has 102 valence electrons. The van der Waals surface area contributed by atoms with Crippen LogP contribution in [0.1, 0.15) is 18.4 Å². The van der Waals surface area contributed by atoms with Crippen LogP contribution in [0.25, 0.3) is 10.9 Å². The van der Waals surface area contributed by atoms with Crippen molar-refractivity contribution in [3.63, 3.8) is 0 Å². The highest BCUT2D eigenvalue weighted by Gasteiger charge is 2.15. The summed E-state index contributed by atoms with van der Waals surface area (Å²) in [6.45, 7) is 4.62. The molecular formula is C16H23N3. The van der Waals surface area contributed by atoms with Gasteiger partial charge in [-0.15, -0.1) is 0 Å². The average Bonchev–Trinajstić information content (AvgIpc) is 2.88. The van der Waals surface area contributed by atoms with Crippen LogP contribution in [0, 0.1) is 5.92 Å². The summed E-state index contributed by atoms with van der Waals surface area (Å²) in [5, 5.41) is 4.90. The molecule has 3 heteroatoms. The van der Waals surface area contributed by atoms with Gasteiger partial charge in [0.1, 0.15) is 0 Å². The Bertz CT molecular complexity index is 524. The van der Waals surface area contributed by atoms with Gasteiger partial charge in [0, 0.05) is 18.3 Å². The number of piperidine rings is 1. The lowest BCUT2D eigenvalue weighted by atomic mass is 9.97. The predicted octanol–water partition coefficient (Wildman–Crippen LogP) is 2.60. The first-order valence-corrected chi connectivity index (χ1v) is 7.26. The quantitative estimate of drug-likeness (QED) is 0.882. The Labute approximate surface area is 115 Å². The Hall–Kier alpha value is -1.32. The molecule has 2 aromatic rings. The van der Waals surface area contributed by atoms with Gasteiger partial charge in [0.2, 0.25) is 0 Å². The monoisotopic (exact) mass is 257 g/mol. The third-order valence-corrected chi connectivity index (χ3v) is 4.22. The molecule has 1 aromatic carbocycles. The summed E-state index contributed by atoms with van der Waals surface area (Å²) in [5.41, 5.74) is 2.60. The van der Waals surface area contributed by atoms with Crippen molar-refractivity contribution >= 4 is 10.9 Å². The van der Waals surface area contributed by atoms with Crippen molar-refractivity contribution in [2.24, 2.45) is 5.92 Å². The maximum Gasteiger partial charge on any atom is 0.0457 e. The number of aromatic amines is 1. The van der Waals surface area contributed by atoms with E-state index in [0.29, 0.717) is 0 Å². The highest BCUT2D eigenvalue weighted by atomic mass is 15.1. The molecule has 2 N–H and O–H groups in total. The van der Waals surface area contributed by atoms with Gasteiger partial charge in [-0.3, -0.25) is 0 Å². The summed E-state index contributed by atoms with van der Waals surface area (Å²) in [4.78, 5) is 5.70. The van der Waals surface area contributed by atoms with Crippen molar-refractivity contribution in [2.75, 3.05) is 26.7 Å². The molecule has 0 aliphatic carbocycles. The number of rotatable bonds is 4. The van der Waals surface area contributed by atoms with Gasteiger partial charge >= 0.3 is 0 Å². The lowest BCUT2D eigenvalue weighted by Gasteiger charge is -2.29. The van der Waals surface area contributed by atoms with Crippen LogP contribution in [0.15, 0.2) is 30.5 Å². The number of hydrogen-bond acceptors (Lipinski definition) is 2. The predicted molar refractivity (Wildman–Crippen MR) is 80.2 cm³/mol. The van der Waals surface area contributed by atoms with E-state index in [0.717, 1.165) is 19.0 Å². The Morgan fingerprint density at radius 3 is 2.95 bits per heavy atom. The molecule has 0 bridgehead atoms. The van der Waals surface area contributed by atoms with E-state index in [-0.39, 0.29) is 0 Å². The van der Waals surface area contributed by atoms with Crippen LogP contribution < -0.4 is 5.32 Å². The van der Waals surface area contributed by atoms with E-state index in [1.807, 2.05) is 6.20 Å². The van der Waals surface area contributed by atoms with Gasteiger partial charge in [-0.1, -0.05) is 12.1 Å². The van der Waals surface area contributed by atoms with E-state index in [9.17, 15) is 0 Å². The fourth-order valence-corrected chi connectivity index (χ4v) is 2.89. The maximum absolute atomic E-state index is 3.61. The summed E-state index contributed by atoms with van der Waals surface area (Å²) in [7, 11) is 2.22. The first-order chi connectivity index (χ1) is 9.31. The largest absolute Gasteiger partial charge is 0.361 e. The van der Waals surface area contributed by atoms with Crippen LogP contribution in [0.3, 0.4) is 0 Å². The smallest absolute Gasteiger partial charge is 0.0457 e. The van der Waals surface area contributed by atoms with Crippen molar-refractivity contribution < 1.29 is 0 Å². The highest BCUT2D eigenvalue weighted by molar-refractivity contribution is 5.79. The zero-order valence-electron chi connectivity index (χ0n) is 11.7. The van der Waals surface area contributed by atoms with Crippen molar-refractivity contribution in [1.29, 1.82) is 0 Å². The zero-order chi connectivity index (χ0) is 13.1. The van der Waals surface area contributed by atoms with Crippen LogP contribution in [0.2, 0.25) is 0 Å². The molecule has 0 radical (unpaired) electrons. The number of fused-ring (bicyclic) bond motifs is 1. The lowest BCUT2D eigenvalue weighted by Crippen LogP contribution is -2.34. The molecular weight excluding hydrogens is 234 g/mol. The molecule has 3 nitrogen and oxygen atoms in total. The standard InChI is InChI=1S/C16H23N3/c1-19-8-5-13(6-9-19)11-17-12-14-2-3-15-4-7-18-16(15)10-14/h2-4,7,10,13,17-18H,5-6,8-9,11-12H2,1H3. The first-order valence-electron chi connectivity index (χ1n) is 7.26. The minimum absolute atomic E-state index is 0.852. The normalized spacial score (nSPS) is 18.2. The average molecular weight is 257 g/mol. The molecule has 0 atom stereocenters. The van der Waals surface area contributed by atoms with E-state index in [4.69, 9.17) is 0 Å². The van der Waals surface area contributed by atoms with Crippen LogP contribution >= 0.6 is 0 Å². The Balaban J connectivity index is 1.49. The Morgan fingerprint density at radius 2 is 2.11 bits per heavy atom. The topological polar surface area (TPSA) is 31.1 Å².